The van der Waals surface area contributed by atoms with Gasteiger partial charge in [-0.1, -0.05) is 36.4 Å². The first-order valence-electron chi connectivity index (χ1n) is 9.62. The molecule has 0 spiro atoms. The van der Waals surface area contributed by atoms with E-state index in [2.05, 4.69) is 33.4 Å². The van der Waals surface area contributed by atoms with Crippen molar-refractivity contribution in [2.45, 2.75) is 44.1 Å². The normalized spacial score (nSPS) is 16.1. The molecule has 0 radical (unpaired) electrons. The minimum atomic E-state index is 0.485. The van der Waals surface area contributed by atoms with Crippen LogP contribution < -0.4 is 0 Å². The molecule has 0 bridgehead atoms. The number of hydrogen-bond acceptors (Lipinski definition) is 8. The van der Waals surface area contributed by atoms with Crippen LogP contribution in [0.1, 0.15) is 35.2 Å². The summed E-state index contributed by atoms with van der Waals surface area (Å²) >= 11 is 3.18. The molecule has 4 aromatic rings. The van der Waals surface area contributed by atoms with Gasteiger partial charge in [-0.15, -0.1) is 31.7 Å². The summed E-state index contributed by atoms with van der Waals surface area (Å²) in [7, 11) is 0. The molecule has 0 saturated carbocycles. The first-order valence-corrected chi connectivity index (χ1v) is 11.4. The third-order valence-electron chi connectivity index (χ3n) is 5.00. The minimum Gasteiger partial charge on any atom is -0.420 e. The third-order valence-corrected chi connectivity index (χ3v) is 7.03. The van der Waals surface area contributed by atoms with Crippen LogP contribution in [-0.2, 0) is 18.6 Å². The zero-order valence-electron chi connectivity index (χ0n) is 16.2. The zero-order chi connectivity index (χ0) is 19.8. The number of hydrogen-bond donors (Lipinski definition) is 0. The fraction of sp³-hybridized carbons (Fsp3) is 0.333. The van der Waals surface area contributed by atoms with Crippen molar-refractivity contribution in [3.05, 3.63) is 52.2 Å². The van der Waals surface area contributed by atoms with Gasteiger partial charge in [-0.3, -0.25) is 0 Å². The van der Waals surface area contributed by atoms with E-state index in [1.807, 2.05) is 31.2 Å². The van der Waals surface area contributed by atoms with Gasteiger partial charge in [0, 0.05) is 10.4 Å². The molecule has 3 heterocycles. The van der Waals surface area contributed by atoms with Gasteiger partial charge >= 0.3 is 0 Å². The second kappa shape index (κ2) is 7.76. The number of aromatic nitrogens is 4. The summed E-state index contributed by atoms with van der Waals surface area (Å²) in [5.41, 5.74) is 3.51. The van der Waals surface area contributed by atoms with Gasteiger partial charge < -0.3 is 8.83 Å². The highest BCUT2D eigenvalue weighted by molar-refractivity contribution is 7.98. The molecule has 0 N–H and O–H groups in total. The molecule has 0 fully saturated rings. The standard InChI is InChI=1S/C21H20N4O2S2/c1-12-4-3-5-14(8-12)19-23-22-18(26-19)11-28-21-25-24-20(27-21)17-10-15-9-13(2)6-7-16(15)29-17/h3-5,8,10,13H,6-7,9,11H2,1-2H3/t13-/m1/s1. The Morgan fingerprint density at radius 2 is 2.00 bits per heavy atom. The lowest BCUT2D eigenvalue weighted by atomic mass is 9.90. The van der Waals surface area contributed by atoms with E-state index in [1.165, 1.54) is 28.6 Å². The van der Waals surface area contributed by atoms with E-state index >= 15 is 0 Å². The monoisotopic (exact) mass is 424 g/mol. The molecule has 148 valence electrons. The molecular formula is C21H20N4O2S2. The minimum absolute atomic E-state index is 0.485. The van der Waals surface area contributed by atoms with Crippen LogP contribution in [0.3, 0.4) is 0 Å². The molecule has 8 heteroatoms. The summed E-state index contributed by atoms with van der Waals surface area (Å²) in [6.45, 7) is 4.35. The fourth-order valence-corrected chi connectivity index (χ4v) is 5.24. The molecule has 0 unspecified atom stereocenters. The number of thiophene rings is 1. The molecule has 5 rings (SSSR count). The molecular weight excluding hydrogens is 404 g/mol. The topological polar surface area (TPSA) is 77.8 Å². The van der Waals surface area contributed by atoms with E-state index in [0.717, 1.165) is 34.8 Å². The first kappa shape index (κ1) is 18.6. The maximum Gasteiger partial charge on any atom is 0.277 e. The summed E-state index contributed by atoms with van der Waals surface area (Å²) in [6.07, 6.45) is 3.55. The Bertz CT molecular complexity index is 1150. The Hall–Kier alpha value is -2.45. The maximum absolute atomic E-state index is 5.86. The van der Waals surface area contributed by atoms with E-state index in [-0.39, 0.29) is 0 Å². The summed E-state index contributed by atoms with van der Waals surface area (Å²) in [4.78, 5) is 2.52. The quantitative estimate of drug-likeness (QED) is 0.387. The molecule has 29 heavy (non-hydrogen) atoms. The van der Waals surface area contributed by atoms with Crippen LogP contribution in [0.2, 0.25) is 0 Å². The highest BCUT2D eigenvalue weighted by atomic mass is 32.2. The summed E-state index contributed by atoms with van der Waals surface area (Å²) in [6, 6.07) is 10.2. The van der Waals surface area contributed by atoms with E-state index < -0.39 is 0 Å². The molecule has 6 nitrogen and oxygen atoms in total. The van der Waals surface area contributed by atoms with E-state index in [0.29, 0.717) is 28.6 Å². The van der Waals surface area contributed by atoms with Gasteiger partial charge in [0.25, 0.3) is 11.1 Å². The molecule has 1 aliphatic rings. The largest absolute Gasteiger partial charge is 0.420 e. The van der Waals surface area contributed by atoms with Crippen LogP contribution >= 0.6 is 23.1 Å². The average molecular weight is 425 g/mol. The van der Waals surface area contributed by atoms with E-state index in [4.69, 9.17) is 8.83 Å². The van der Waals surface area contributed by atoms with Gasteiger partial charge in [0.2, 0.25) is 11.8 Å². The average Bonchev–Trinajstić information content (AvgIpc) is 3.45. The van der Waals surface area contributed by atoms with Crippen LogP contribution in [0.25, 0.3) is 22.2 Å². The Labute approximate surface area is 176 Å². The number of fused-ring (bicyclic) bond motifs is 1. The second-order valence-corrected chi connectivity index (χ2v) is 9.50. The smallest absolute Gasteiger partial charge is 0.277 e. The summed E-state index contributed by atoms with van der Waals surface area (Å²) in [5.74, 6) is 2.88. The van der Waals surface area contributed by atoms with Crippen molar-refractivity contribution in [1.29, 1.82) is 0 Å². The van der Waals surface area contributed by atoms with Gasteiger partial charge in [-0.2, -0.15) is 0 Å². The second-order valence-electron chi connectivity index (χ2n) is 7.44. The first-order chi connectivity index (χ1) is 14.1. The number of rotatable bonds is 5. The molecule has 3 aromatic heterocycles. The van der Waals surface area contributed by atoms with Crippen molar-refractivity contribution in [3.8, 4) is 22.2 Å². The van der Waals surface area contributed by atoms with Crippen molar-refractivity contribution in [2.24, 2.45) is 5.92 Å². The van der Waals surface area contributed by atoms with Crippen LogP contribution in [-0.4, -0.2) is 20.4 Å². The van der Waals surface area contributed by atoms with Gasteiger partial charge in [0.05, 0.1) is 10.6 Å². The number of aryl methyl sites for hydroxylation is 2. The molecule has 0 amide bonds. The lowest BCUT2D eigenvalue weighted by Crippen LogP contribution is -2.07. The van der Waals surface area contributed by atoms with E-state index in [9.17, 15) is 0 Å². The van der Waals surface area contributed by atoms with Crippen molar-refractivity contribution in [2.75, 3.05) is 0 Å². The van der Waals surface area contributed by atoms with Gasteiger partial charge in [-0.25, -0.2) is 0 Å². The lowest BCUT2D eigenvalue weighted by Gasteiger charge is -2.16. The van der Waals surface area contributed by atoms with Crippen molar-refractivity contribution >= 4 is 23.1 Å². The van der Waals surface area contributed by atoms with Crippen molar-refractivity contribution < 1.29 is 8.83 Å². The number of nitrogens with zero attached hydrogens (tertiary/aromatic N) is 4. The van der Waals surface area contributed by atoms with Crippen molar-refractivity contribution in [3.63, 3.8) is 0 Å². The summed E-state index contributed by atoms with van der Waals surface area (Å²) in [5, 5.41) is 17.2. The van der Waals surface area contributed by atoms with Crippen LogP contribution in [0, 0.1) is 12.8 Å². The molecule has 0 aliphatic heterocycles. The predicted octanol–water partition coefficient (Wildman–Crippen LogP) is 5.57. The predicted molar refractivity (Wildman–Crippen MR) is 113 cm³/mol. The van der Waals surface area contributed by atoms with Crippen molar-refractivity contribution in [1.82, 2.24) is 20.4 Å². The summed E-state index contributed by atoms with van der Waals surface area (Å²) < 4.78 is 11.6. The highest BCUT2D eigenvalue weighted by Gasteiger charge is 2.21. The molecule has 0 saturated heterocycles. The van der Waals surface area contributed by atoms with Crippen LogP contribution in [0.5, 0.6) is 0 Å². The van der Waals surface area contributed by atoms with Gasteiger partial charge in [0.1, 0.15) is 0 Å². The molecule has 1 atom stereocenters. The number of benzene rings is 1. The Kier molecular flexibility index (Phi) is 4.97. The Morgan fingerprint density at radius 1 is 1.10 bits per heavy atom. The highest BCUT2D eigenvalue weighted by Crippen LogP contribution is 2.37. The van der Waals surface area contributed by atoms with E-state index in [1.54, 1.807) is 11.3 Å². The lowest BCUT2D eigenvalue weighted by molar-refractivity contribution is 0.465. The van der Waals surface area contributed by atoms with Gasteiger partial charge in [-0.05, 0) is 55.9 Å². The molecule has 1 aliphatic carbocycles. The molecule has 1 aromatic carbocycles. The number of thioether (sulfide) groups is 1. The maximum atomic E-state index is 5.86. The fourth-order valence-electron chi connectivity index (χ4n) is 3.51. The zero-order valence-corrected chi connectivity index (χ0v) is 17.8. The Balaban J connectivity index is 1.26. The Morgan fingerprint density at radius 3 is 2.90 bits per heavy atom. The van der Waals surface area contributed by atoms with Crippen LogP contribution in [0.4, 0.5) is 0 Å². The third kappa shape index (κ3) is 4.00. The van der Waals surface area contributed by atoms with Gasteiger partial charge in [0.15, 0.2) is 0 Å². The van der Waals surface area contributed by atoms with Crippen LogP contribution in [0.15, 0.2) is 44.4 Å². The SMILES string of the molecule is Cc1cccc(-c2nnc(CSc3nnc(-c4cc5c(s4)CC[C@@H](C)C5)o3)o2)c1.